The number of rotatable bonds is 32. The molecule has 0 spiro atoms. The van der Waals surface area contributed by atoms with Gasteiger partial charge in [0.1, 0.15) is 11.5 Å². The number of likely N-dealkylation sites (tertiary alicyclic amines) is 1. The van der Waals surface area contributed by atoms with Crippen molar-refractivity contribution < 1.29 is 61.3 Å². The number of Topliss-reactive ketones (excluding diaryl/α,β-unsaturated/α-hetero) is 2. The summed E-state index contributed by atoms with van der Waals surface area (Å²) in [4.78, 5) is 99.0. The summed E-state index contributed by atoms with van der Waals surface area (Å²) in [5.74, 6) is -4.83. The fraction of sp³-hybridized carbons (Fsp3) is 0.750. The Morgan fingerprint density at radius 2 is 1.48 bits per heavy atom. The van der Waals surface area contributed by atoms with E-state index in [4.69, 9.17) is 19.3 Å². The number of benzene rings is 1. The van der Waals surface area contributed by atoms with E-state index in [-0.39, 0.29) is 85.0 Å². The fourth-order valence-electron chi connectivity index (χ4n) is 10.1. The molecule has 2 aliphatic rings. The predicted molar refractivity (Wildman–Crippen MR) is 270 cm³/mol. The van der Waals surface area contributed by atoms with E-state index in [0.717, 1.165) is 0 Å². The summed E-state index contributed by atoms with van der Waals surface area (Å²) in [5.41, 5.74) is 0.588. The Labute approximate surface area is 423 Å². The van der Waals surface area contributed by atoms with Crippen LogP contribution in [0.25, 0.3) is 0 Å². The summed E-state index contributed by atoms with van der Waals surface area (Å²) in [6.07, 6.45) is 2.09. The number of carboxylic acid groups (broad SMARTS) is 1. The third-order valence-corrected chi connectivity index (χ3v) is 16.2. The predicted octanol–water partition coefficient (Wildman–Crippen LogP) is 5.88. The maximum atomic E-state index is 14.5. The van der Waals surface area contributed by atoms with Crippen molar-refractivity contribution in [2.75, 3.05) is 48.5 Å². The van der Waals surface area contributed by atoms with Gasteiger partial charge < -0.3 is 34.4 Å². The van der Waals surface area contributed by atoms with Crippen LogP contribution in [0.2, 0.25) is 0 Å². The van der Waals surface area contributed by atoms with E-state index in [2.05, 4.69) is 10.0 Å². The quantitative estimate of drug-likeness (QED) is 0.0715. The first kappa shape index (κ1) is 60.8. The van der Waals surface area contributed by atoms with Gasteiger partial charge in [-0.2, -0.15) is 0 Å². The summed E-state index contributed by atoms with van der Waals surface area (Å²) < 4.78 is 45.5. The van der Waals surface area contributed by atoms with E-state index in [0.29, 0.717) is 70.0 Å². The lowest BCUT2D eigenvalue weighted by molar-refractivity contribution is -0.149. The van der Waals surface area contributed by atoms with E-state index < -0.39 is 75.3 Å². The van der Waals surface area contributed by atoms with Crippen molar-refractivity contribution in [3.05, 3.63) is 29.8 Å². The molecule has 19 heteroatoms. The number of carbonyl (C=O) groups is 7. The number of nitrogens with one attached hydrogen (secondary N) is 2. The highest BCUT2D eigenvalue weighted by Crippen LogP contribution is 2.33. The van der Waals surface area contributed by atoms with E-state index in [1.807, 2.05) is 60.5 Å². The minimum absolute atomic E-state index is 0.00549. The number of methoxy groups -OCH3 is 2. The van der Waals surface area contributed by atoms with Gasteiger partial charge in [0, 0.05) is 71.4 Å². The van der Waals surface area contributed by atoms with Gasteiger partial charge in [-0.1, -0.05) is 73.4 Å². The number of carboxylic acids is 1. The van der Waals surface area contributed by atoms with Gasteiger partial charge in [0.25, 0.3) is 0 Å². The molecule has 18 nitrogen and oxygen atoms in total. The third kappa shape index (κ3) is 18.2. The topological polar surface area (TPSA) is 235 Å². The lowest BCUT2D eigenvalue weighted by atomic mass is 9.83. The number of ketones is 2. The molecule has 0 aromatic heterocycles. The molecule has 1 saturated carbocycles. The summed E-state index contributed by atoms with van der Waals surface area (Å²) in [7, 11) is 4.53. The minimum atomic E-state index is -3.94. The Hall–Kier alpha value is -4.46. The van der Waals surface area contributed by atoms with Crippen LogP contribution in [0.4, 0.5) is 4.79 Å². The van der Waals surface area contributed by atoms with E-state index in [1.165, 1.54) is 26.4 Å². The Balaban J connectivity index is 1.78. The van der Waals surface area contributed by atoms with Gasteiger partial charge in [-0.3, -0.25) is 38.4 Å². The van der Waals surface area contributed by atoms with Crippen LogP contribution in [0.5, 0.6) is 5.75 Å². The number of sulfonamides is 1. The number of unbranched alkanes of at least 4 members (excludes halogenated alkanes) is 2. The average molecular weight is 1020 g/mol. The first-order valence-electron chi connectivity index (χ1n) is 25.5. The molecule has 1 heterocycles. The molecule has 0 bridgehead atoms. The maximum absolute atomic E-state index is 14.5. The van der Waals surface area contributed by atoms with Gasteiger partial charge in [0.05, 0.1) is 42.0 Å². The van der Waals surface area contributed by atoms with Crippen LogP contribution in [0, 0.1) is 35.5 Å². The molecule has 0 unspecified atom stereocenters. The van der Waals surface area contributed by atoms with Crippen LogP contribution >= 0.6 is 0 Å². The first-order chi connectivity index (χ1) is 33.4. The normalized spacial score (nSPS) is 18.5. The Morgan fingerprint density at radius 1 is 0.831 bits per heavy atom. The second-order valence-corrected chi connectivity index (χ2v) is 22.7. The zero-order valence-corrected chi connectivity index (χ0v) is 45.3. The van der Waals surface area contributed by atoms with Gasteiger partial charge in [-0.15, -0.1) is 0 Å². The monoisotopic (exact) mass is 1020 g/mol. The van der Waals surface area contributed by atoms with Crippen LogP contribution in [-0.4, -0.2) is 154 Å². The molecule has 9 atom stereocenters. The summed E-state index contributed by atoms with van der Waals surface area (Å²) >= 11 is 0. The van der Waals surface area contributed by atoms with Crippen LogP contribution < -0.4 is 14.8 Å². The second kappa shape index (κ2) is 28.7. The Morgan fingerprint density at radius 3 is 2.01 bits per heavy atom. The highest BCUT2D eigenvalue weighted by Gasteiger charge is 2.44. The molecule has 3 rings (SSSR count). The van der Waals surface area contributed by atoms with Crippen molar-refractivity contribution in [3.63, 3.8) is 0 Å². The van der Waals surface area contributed by atoms with Gasteiger partial charge in [-0.05, 0) is 94.5 Å². The molecule has 1 aliphatic carbocycles. The number of amides is 4. The molecule has 2 fully saturated rings. The summed E-state index contributed by atoms with van der Waals surface area (Å²) in [6, 6.07) is 4.98. The Bertz CT molecular complexity index is 2040. The minimum Gasteiger partial charge on any atom is -0.481 e. The van der Waals surface area contributed by atoms with E-state index in [1.54, 1.807) is 35.9 Å². The number of likely N-dealkylation sites (N-methyl/N-ethyl adjacent to an activating group) is 2. The number of hydrogen-bond donors (Lipinski definition) is 3. The number of aliphatic carboxylic acids is 1. The van der Waals surface area contributed by atoms with Crippen LogP contribution in [0.1, 0.15) is 131 Å². The lowest BCUT2D eigenvalue weighted by Gasteiger charge is -2.41. The van der Waals surface area contributed by atoms with Crippen LogP contribution in [0.15, 0.2) is 24.3 Å². The molecular formula is C52H85N5O13S. The highest BCUT2D eigenvalue weighted by atomic mass is 32.2. The molecule has 402 valence electrons. The smallest absolute Gasteiger partial charge is 0.412 e. The third-order valence-electron chi connectivity index (χ3n) is 14.4. The average Bonchev–Trinajstić information content (AvgIpc) is 4.07. The van der Waals surface area contributed by atoms with Crippen molar-refractivity contribution in [1.82, 2.24) is 24.7 Å². The summed E-state index contributed by atoms with van der Waals surface area (Å²) in [5, 5.41) is 10.7. The zero-order chi connectivity index (χ0) is 53.3. The van der Waals surface area contributed by atoms with Crippen molar-refractivity contribution in [2.45, 2.75) is 168 Å². The molecule has 1 aromatic carbocycles. The van der Waals surface area contributed by atoms with Crippen molar-refractivity contribution in [3.8, 4) is 5.75 Å². The molecule has 3 N–H and O–H groups in total. The molecule has 1 saturated heterocycles. The molecule has 1 aromatic rings. The summed E-state index contributed by atoms with van der Waals surface area (Å²) in [6.45, 7) is 14.3. The number of hydrogen-bond acceptors (Lipinski definition) is 13. The SMILES string of the molecule is CC[C@H](C)[C@@H]([C@@H](CC(=O)N1CCC[C@H]1[C@H](OC)[C@@H](C)C(=O)C[C@@H](Cc1ccc(OC(=O)NCCCCCC(=O)O)cc1)C(=O)NS(=O)(=O)C1CC1)OC)N(C)C(=O)[C@@H](CC(=O)[C@H](C(C)C)N(C)C)C(C)C. The van der Waals surface area contributed by atoms with Crippen molar-refractivity contribution >= 4 is 51.4 Å². The van der Waals surface area contributed by atoms with E-state index in [9.17, 15) is 42.0 Å². The van der Waals surface area contributed by atoms with Crippen molar-refractivity contribution in [1.29, 1.82) is 0 Å². The number of nitrogens with zero attached hydrogens (tertiary/aromatic N) is 3. The molecular weight excluding hydrogens is 935 g/mol. The lowest BCUT2D eigenvalue weighted by Crippen LogP contribution is -2.54. The van der Waals surface area contributed by atoms with Gasteiger partial charge in [0.2, 0.25) is 27.7 Å². The fourth-order valence-corrected chi connectivity index (χ4v) is 11.4. The van der Waals surface area contributed by atoms with Gasteiger partial charge in [-0.25, -0.2) is 13.2 Å². The number of ether oxygens (including phenoxy) is 3. The van der Waals surface area contributed by atoms with Crippen molar-refractivity contribution in [2.24, 2.45) is 35.5 Å². The highest BCUT2D eigenvalue weighted by molar-refractivity contribution is 7.90. The maximum Gasteiger partial charge on any atom is 0.412 e. The molecule has 1 aliphatic heterocycles. The molecule has 4 amide bonds. The zero-order valence-electron chi connectivity index (χ0n) is 44.4. The van der Waals surface area contributed by atoms with Crippen LogP contribution in [-0.2, 0) is 54.7 Å². The van der Waals surface area contributed by atoms with Gasteiger partial charge >= 0.3 is 12.1 Å². The standard InChI is InChI=1S/C52H85N5O13S/c1-13-34(6)48(56(10)51(64)40(32(2)3)30-43(59)47(33(4)5)55(8)9)44(68-11)31-45(60)57-27-17-18-41(57)49(69-12)35(7)42(58)29-37(50(63)54-71(66,67)39-24-25-39)28-36-20-22-38(23-21-36)70-52(65)53-26-16-14-15-19-46(61)62/h20-23,32-35,37,39-41,44,47-49H,13-19,24-31H2,1-12H3,(H,53,65)(H,54,63)(H,61,62)/t34-,35-,37+,40-,41-,44+,47-,48-,49+/m0/s1. The Kier molecular flexibility index (Phi) is 24.6. The largest absolute Gasteiger partial charge is 0.481 e. The molecule has 0 radical (unpaired) electrons. The number of carbonyl (C=O) groups excluding carboxylic acids is 6. The second-order valence-electron chi connectivity index (χ2n) is 20.7. The first-order valence-corrected chi connectivity index (χ1v) is 27.1. The van der Waals surface area contributed by atoms with Crippen LogP contribution in [0.3, 0.4) is 0 Å². The van der Waals surface area contributed by atoms with Gasteiger partial charge in [0.15, 0.2) is 5.78 Å². The molecule has 71 heavy (non-hydrogen) atoms. The van der Waals surface area contributed by atoms with E-state index >= 15 is 0 Å².